The van der Waals surface area contributed by atoms with Crippen LogP contribution in [0.3, 0.4) is 0 Å². The molecule has 2 aliphatic carbocycles. The third-order valence-corrected chi connectivity index (χ3v) is 11.0. The first-order valence-electron chi connectivity index (χ1n) is 15.3. The molecule has 1 spiro atoms. The number of carbonyl (C=O) groups is 3. The molecule has 1 aromatic heterocycles. The predicted octanol–water partition coefficient (Wildman–Crippen LogP) is 4.34. The zero-order chi connectivity index (χ0) is 32.1. The Morgan fingerprint density at radius 1 is 1.04 bits per heavy atom. The number of hydrogen-bond donors (Lipinski definition) is 1. The molecular formula is C33H28F4N6O3. The van der Waals surface area contributed by atoms with Crippen molar-refractivity contribution in [1.29, 1.82) is 5.26 Å². The smallest absolute Gasteiger partial charge is 0.326 e. The van der Waals surface area contributed by atoms with E-state index in [-0.39, 0.29) is 48.5 Å². The molecular weight excluding hydrogens is 604 g/mol. The number of amides is 3. The molecule has 13 heteroatoms. The Morgan fingerprint density at radius 2 is 1.80 bits per heavy atom. The fourth-order valence-corrected chi connectivity index (χ4v) is 9.03. The molecule has 46 heavy (non-hydrogen) atoms. The molecule has 3 aromatic rings. The van der Waals surface area contributed by atoms with Crippen LogP contribution in [-0.4, -0.2) is 68.6 Å². The van der Waals surface area contributed by atoms with Crippen LogP contribution < -0.4 is 5.32 Å². The van der Waals surface area contributed by atoms with Crippen molar-refractivity contribution in [2.45, 2.75) is 49.1 Å². The van der Waals surface area contributed by atoms with Gasteiger partial charge in [-0.2, -0.15) is 23.5 Å². The molecule has 2 saturated carbocycles. The third-order valence-electron chi connectivity index (χ3n) is 11.0. The van der Waals surface area contributed by atoms with E-state index in [1.807, 2.05) is 0 Å². The molecule has 3 amide bonds. The molecule has 9 nitrogen and oxygen atoms in total. The van der Waals surface area contributed by atoms with Crippen LogP contribution in [-0.2, 0) is 21.2 Å². The number of alkyl halides is 4. The standard InChI is InChI=1S/C33H28F4N6O3/c34-24-10-17-9-20(24)27-21(17)15-41(29(44)18-13-39-43(14-18)26-8-4-2-6-23(26)33(35,36)37)28(27)30(45)42-16-32(11-19(42)12-38)22-5-1-3-7-25(22)40-31(32)46/h1-8,13-14,17,19-21,24,27-28H,9-11,15-16H2,(H,40,46). The van der Waals surface area contributed by atoms with E-state index in [9.17, 15) is 32.8 Å². The molecule has 2 saturated heterocycles. The second-order valence-corrected chi connectivity index (χ2v) is 13.1. The van der Waals surface area contributed by atoms with Crippen molar-refractivity contribution < 1.29 is 31.9 Å². The summed E-state index contributed by atoms with van der Waals surface area (Å²) >= 11 is 0. The molecule has 8 atom stereocenters. The summed E-state index contributed by atoms with van der Waals surface area (Å²) in [7, 11) is 0. The van der Waals surface area contributed by atoms with E-state index in [1.54, 1.807) is 24.3 Å². The second kappa shape index (κ2) is 9.88. The Labute approximate surface area is 260 Å². The van der Waals surface area contributed by atoms with Crippen molar-refractivity contribution in [3.63, 3.8) is 0 Å². The van der Waals surface area contributed by atoms with Crippen LogP contribution in [0.4, 0.5) is 23.2 Å². The number of anilines is 1. The SMILES string of the molecule is N#CC1CC2(CN1C(=O)C1C3C4CC(CC4F)C3CN1C(=O)c1cnn(-c3ccccc3C(F)(F)F)c1)C(=O)Nc1ccccc12. The first-order valence-corrected chi connectivity index (χ1v) is 15.3. The van der Waals surface area contributed by atoms with Crippen LogP contribution in [0, 0.1) is 35.0 Å². The molecule has 2 bridgehead atoms. The van der Waals surface area contributed by atoms with E-state index in [0.29, 0.717) is 24.1 Å². The van der Waals surface area contributed by atoms with Gasteiger partial charge < -0.3 is 15.1 Å². The number of likely N-dealkylation sites (tertiary alicyclic amines) is 2. The topological polar surface area (TPSA) is 111 Å². The molecule has 4 fully saturated rings. The molecule has 2 aromatic carbocycles. The van der Waals surface area contributed by atoms with Gasteiger partial charge in [-0.25, -0.2) is 9.07 Å². The summed E-state index contributed by atoms with van der Waals surface area (Å²) in [6.07, 6.45) is -2.36. The number of para-hydroxylation sites is 2. The minimum Gasteiger partial charge on any atom is -0.326 e. The summed E-state index contributed by atoms with van der Waals surface area (Å²) in [6.45, 7) is 0.111. The van der Waals surface area contributed by atoms with Crippen LogP contribution in [0.2, 0.25) is 0 Å². The summed E-state index contributed by atoms with van der Waals surface area (Å²) in [5, 5.41) is 17.1. The van der Waals surface area contributed by atoms with E-state index in [1.165, 1.54) is 40.4 Å². The number of nitrogens with one attached hydrogen (secondary N) is 1. The van der Waals surface area contributed by atoms with Crippen molar-refractivity contribution in [1.82, 2.24) is 19.6 Å². The first kappa shape index (κ1) is 28.7. The van der Waals surface area contributed by atoms with E-state index in [0.717, 1.165) is 10.7 Å². The summed E-state index contributed by atoms with van der Waals surface area (Å²) in [6, 6.07) is 12.1. The molecule has 3 aliphatic heterocycles. The van der Waals surface area contributed by atoms with Crippen molar-refractivity contribution in [2.75, 3.05) is 18.4 Å². The number of nitriles is 1. The lowest BCUT2D eigenvalue weighted by Crippen LogP contribution is -2.53. The number of aromatic nitrogens is 2. The van der Waals surface area contributed by atoms with Gasteiger partial charge in [0.25, 0.3) is 5.91 Å². The van der Waals surface area contributed by atoms with Gasteiger partial charge in [-0.1, -0.05) is 30.3 Å². The molecule has 8 rings (SSSR count). The highest BCUT2D eigenvalue weighted by Gasteiger charge is 2.65. The van der Waals surface area contributed by atoms with Gasteiger partial charge in [-0.15, -0.1) is 0 Å². The van der Waals surface area contributed by atoms with Gasteiger partial charge in [0.15, 0.2) is 0 Å². The Hall–Kier alpha value is -4.73. The van der Waals surface area contributed by atoms with E-state index in [2.05, 4.69) is 16.5 Å². The van der Waals surface area contributed by atoms with Gasteiger partial charge in [0.1, 0.15) is 18.3 Å². The molecule has 4 heterocycles. The van der Waals surface area contributed by atoms with E-state index < -0.39 is 59.1 Å². The number of carbonyl (C=O) groups excluding carboxylic acids is 3. The Kier molecular flexibility index (Phi) is 6.17. The highest BCUT2D eigenvalue weighted by atomic mass is 19.4. The lowest BCUT2D eigenvalue weighted by molar-refractivity contribution is -0.138. The van der Waals surface area contributed by atoms with Gasteiger partial charge >= 0.3 is 6.18 Å². The molecule has 8 unspecified atom stereocenters. The number of halogens is 4. The maximum Gasteiger partial charge on any atom is 0.418 e. The van der Waals surface area contributed by atoms with Crippen molar-refractivity contribution in [3.8, 4) is 11.8 Å². The Bertz CT molecular complexity index is 1840. The zero-order valence-electron chi connectivity index (χ0n) is 24.3. The fraction of sp³-hybridized carbons (Fsp3) is 0.424. The van der Waals surface area contributed by atoms with Crippen molar-refractivity contribution >= 4 is 23.4 Å². The molecule has 236 valence electrons. The first-order chi connectivity index (χ1) is 22.0. The number of rotatable bonds is 3. The number of hydrogen-bond acceptors (Lipinski definition) is 5. The van der Waals surface area contributed by atoms with Crippen LogP contribution in [0.25, 0.3) is 5.69 Å². The maximum absolute atomic E-state index is 15.2. The van der Waals surface area contributed by atoms with E-state index >= 15 is 4.39 Å². The van der Waals surface area contributed by atoms with Gasteiger partial charge in [-0.05, 0) is 60.3 Å². The van der Waals surface area contributed by atoms with Crippen LogP contribution >= 0.6 is 0 Å². The van der Waals surface area contributed by atoms with Crippen LogP contribution in [0.15, 0.2) is 60.9 Å². The van der Waals surface area contributed by atoms with Gasteiger partial charge in [0, 0.05) is 31.4 Å². The van der Waals surface area contributed by atoms with Crippen molar-refractivity contribution in [2.24, 2.45) is 23.7 Å². The average molecular weight is 633 g/mol. The van der Waals surface area contributed by atoms with Gasteiger partial charge in [0.05, 0.1) is 34.5 Å². The Morgan fingerprint density at radius 3 is 2.59 bits per heavy atom. The van der Waals surface area contributed by atoms with Gasteiger partial charge in [-0.3, -0.25) is 14.4 Å². The number of nitrogens with zero attached hydrogens (tertiary/aromatic N) is 5. The highest BCUT2D eigenvalue weighted by Crippen LogP contribution is 2.59. The maximum atomic E-state index is 15.2. The summed E-state index contributed by atoms with van der Waals surface area (Å²) in [5.74, 6) is -2.49. The summed E-state index contributed by atoms with van der Waals surface area (Å²) in [4.78, 5) is 44.8. The minimum absolute atomic E-state index is 0.0105. The van der Waals surface area contributed by atoms with E-state index in [4.69, 9.17) is 0 Å². The normalized spacial score (nSPS) is 32.5. The second-order valence-electron chi connectivity index (χ2n) is 13.1. The largest absolute Gasteiger partial charge is 0.418 e. The predicted molar refractivity (Wildman–Crippen MR) is 154 cm³/mol. The fourth-order valence-electron chi connectivity index (χ4n) is 9.03. The quantitative estimate of drug-likeness (QED) is 0.432. The summed E-state index contributed by atoms with van der Waals surface area (Å²) in [5.41, 5.74) is -1.01. The molecule has 5 aliphatic rings. The molecule has 0 radical (unpaired) electrons. The Balaban J connectivity index is 1.15. The average Bonchev–Trinajstić information content (AvgIpc) is 3.88. The summed E-state index contributed by atoms with van der Waals surface area (Å²) < 4.78 is 57.3. The monoisotopic (exact) mass is 632 g/mol. The number of fused-ring (bicyclic) bond motifs is 7. The third kappa shape index (κ3) is 3.98. The van der Waals surface area contributed by atoms with Crippen LogP contribution in [0.5, 0.6) is 0 Å². The minimum atomic E-state index is -4.65. The molecule has 1 N–H and O–H groups in total. The zero-order valence-corrected chi connectivity index (χ0v) is 24.3. The van der Waals surface area contributed by atoms with Crippen molar-refractivity contribution in [3.05, 3.63) is 77.6 Å². The van der Waals surface area contributed by atoms with Gasteiger partial charge in [0.2, 0.25) is 11.8 Å². The van der Waals surface area contributed by atoms with Crippen LogP contribution in [0.1, 0.15) is 40.7 Å². The lowest BCUT2D eigenvalue weighted by Gasteiger charge is -2.35. The number of benzene rings is 2. The lowest BCUT2D eigenvalue weighted by atomic mass is 9.77. The highest BCUT2D eigenvalue weighted by molar-refractivity contribution is 6.07.